The van der Waals surface area contributed by atoms with E-state index in [0.717, 1.165) is 30.6 Å². The zero-order valence-corrected chi connectivity index (χ0v) is 11.1. The van der Waals surface area contributed by atoms with Gasteiger partial charge >= 0.3 is 0 Å². The molecule has 2 fully saturated rings. The monoisotopic (exact) mass is 231 g/mol. The third-order valence-electron chi connectivity index (χ3n) is 4.90. The van der Waals surface area contributed by atoms with Crippen LogP contribution in [0.2, 0.25) is 0 Å². The molecule has 1 nitrogen and oxygen atoms in total. The standard InChI is InChI=1S/C16H25N/c1-2-3-13-4-8-15(9-5-13)16-10-6-14(12-17)7-11-16/h2-3,13-16H,4-11H2,1H3/b3-2+. The van der Waals surface area contributed by atoms with Crippen molar-refractivity contribution in [1.82, 2.24) is 0 Å². The minimum Gasteiger partial charge on any atom is -0.198 e. The maximum atomic E-state index is 8.92. The first-order valence-corrected chi connectivity index (χ1v) is 7.36. The summed E-state index contributed by atoms with van der Waals surface area (Å²) < 4.78 is 0. The molecular weight excluding hydrogens is 206 g/mol. The molecule has 2 saturated carbocycles. The van der Waals surface area contributed by atoms with E-state index >= 15 is 0 Å². The zero-order valence-electron chi connectivity index (χ0n) is 11.1. The normalized spacial score (nSPS) is 39.1. The van der Waals surface area contributed by atoms with Crippen LogP contribution in [0.25, 0.3) is 0 Å². The van der Waals surface area contributed by atoms with Gasteiger partial charge in [-0.2, -0.15) is 5.26 Å². The van der Waals surface area contributed by atoms with Crippen molar-refractivity contribution in [3.8, 4) is 6.07 Å². The fourth-order valence-corrected chi connectivity index (χ4v) is 3.80. The summed E-state index contributed by atoms with van der Waals surface area (Å²) in [6.45, 7) is 2.13. The van der Waals surface area contributed by atoms with E-state index in [0.29, 0.717) is 5.92 Å². The van der Waals surface area contributed by atoms with Gasteiger partial charge in [0.15, 0.2) is 0 Å². The Kier molecular flexibility index (Phi) is 4.66. The first-order valence-electron chi connectivity index (χ1n) is 7.36. The SMILES string of the molecule is C/C=C/C1CCC(C2CCC(C#N)CC2)CC1. The van der Waals surface area contributed by atoms with E-state index in [2.05, 4.69) is 25.1 Å². The van der Waals surface area contributed by atoms with Crippen LogP contribution in [0.15, 0.2) is 12.2 Å². The third kappa shape index (κ3) is 3.35. The Balaban J connectivity index is 1.76. The topological polar surface area (TPSA) is 23.8 Å². The number of hydrogen-bond acceptors (Lipinski definition) is 1. The van der Waals surface area contributed by atoms with Crippen LogP contribution in [0.5, 0.6) is 0 Å². The van der Waals surface area contributed by atoms with Crippen LogP contribution in [-0.2, 0) is 0 Å². The lowest BCUT2D eigenvalue weighted by molar-refractivity contribution is 0.168. The largest absolute Gasteiger partial charge is 0.198 e. The first kappa shape index (κ1) is 12.7. The number of nitriles is 1. The highest BCUT2D eigenvalue weighted by Gasteiger charge is 2.30. The smallest absolute Gasteiger partial charge is 0.0655 e. The second-order valence-electron chi connectivity index (χ2n) is 5.94. The molecule has 0 aliphatic heterocycles. The Bertz CT molecular complexity index is 283. The maximum absolute atomic E-state index is 8.92. The molecule has 0 spiro atoms. The van der Waals surface area contributed by atoms with E-state index in [1.807, 2.05) is 0 Å². The van der Waals surface area contributed by atoms with Crippen molar-refractivity contribution in [2.75, 3.05) is 0 Å². The summed E-state index contributed by atoms with van der Waals surface area (Å²) in [6, 6.07) is 2.44. The summed E-state index contributed by atoms with van der Waals surface area (Å²) in [5.41, 5.74) is 0. The van der Waals surface area contributed by atoms with Crippen molar-refractivity contribution in [2.24, 2.45) is 23.7 Å². The molecule has 2 rings (SSSR count). The molecular formula is C16H25N. The van der Waals surface area contributed by atoms with Crippen molar-refractivity contribution in [3.05, 3.63) is 12.2 Å². The fraction of sp³-hybridized carbons (Fsp3) is 0.812. The Hall–Kier alpha value is -0.770. The summed E-state index contributed by atoms with van der Waals surface area (Å²) in [5.74, 6) is 3.12. The Labute approximate surface area is 106 Å². The molecule has 0 N–H and O–H groups in total. The van der Waals surface area contributed by atoms with Crippen molar-refractivity contribution < 1.29 is 0 Å². The lowest BCUT2D eigenvalue weighted by Crippen LogP contribution is -2.25. The molecule has 0 aromatic heterocycles. The molecule has 0 aromatic rings. The number of hydrogen-bond donors (Lipinski definition) is 0. The summed E-state index contributed by atoms with van der Waals surface area (Å²) in [5, 5.41) is 8.92. The Morgan fingerprint density at radius 3 is 1.88 bits per heavy atom. The molecule has 0 aromatic carbocycles. The highest BCUT2D eigenvalue weighted by molar-refractivity contribution is 4.92. The van der Waals surface area contributed by atoms with Crippen LogP contribution in [-0.4, -0.2) is 0 Å². The van der Waals surface area contributed by atoms with Crippen LogP contribution < -0.4 is 0 Å². The molecule has 0 atom stereocenters. The van der Waals surface area contributed by atoms with Crippen LogP contribution in [0.3, 0.4) is 0 Å². The van der Waals surface area contributed by atoms with Gasteiger partial charge in [-0.15, -0.1) is 0 Å². The predicted molar refractivity (Wildman–Crippen MR) is 71.3 cm³/mol. The highest BCUT2D eigenvalue weighted by Crippen LogP contribution is 2.41. The average molecular weight is 231 g/mol. The average Bonchev–Trinajstić information content (AvgIpc) is 2.40. The molecule has 2 aliphatic rings. The Morgan fingerprint density at radius 2 is 1.41 bits per heavy atom. The summed E-state index contributed by atoms with van der Waals surface area (Å²) >= 11 is 0. The van der Waals surface area contributed by atoms with E-state index in [9.17, 15) is 0 Å². The van der Waals surface area contributed by atoms with Gasteiger partial charge in [-0.05, 0) is 76.0 Å². The van der Waals surface area contributed by atoms with Crippen LogP contribution >= 0.6 is 0 Å². The van der Waals surface area contributed by atoms with Gasteiger partial charge in [-0.1, -0.05) is 12.2 Å². The van der Waals surface area contributed by atoms with E-state index in [1.165, 1.54) is 38.5 Å². The summed E-state index contributed by atoms with van der Waals surface area (Å²) in [4.78, 5) is 0. The second-order valence-corrected chi connectivity index (χ2v) is 5.94. The van der Waals surface area contributed by atoms with Crippen molar-refractivity contribution in [2.45, 2.75) is 58.3 Å². The first-order chi connectivity index (χ1) is 8.33. The molecule has 0 saturated heterocycles. The molecule has 17 heavy (non-hydrogen) atoms. The maximum Gasteiger partial charge on any atom is 0.0655 e. The molecule has 0 heterocycles. The quantitative estimate of drug-likeness (QED) is 0.632. The van der Waals surface area contributed by atoms with Gasteiger partial charge in [0.1, 0.15) is 0 Å². The van der Waals surface area contributed by atoms with E-state index in [4.69, 9.17) is 5.26 Å². The fourth-order valence-electron chi connectivity index (χ4n) is 3.80. The van der Waals surface area contributed by atoms with Crippen LogP contribution in [0.1, 0.15) is 58.3 Å². The zero-order chi connectivity index (χ0) is 12.1. The lowest BCUT2D eigenvalue weighted by atomic mass is 9.69. The highest BCUT2D eigenvalue weighted by atomic mass is 14.4. The van der Waals surface area contributed by atoms with Gasteiger partial charge in [-0.25, -0.2) is 0 Å². The van der Waals surface area contributed by atoms with Gasteiger partial charge in [-0.3, -0.25) is 0 Å². The van der Waals surface area contributed by atoms with Gasteiger partial charge in [0.25, 0.3) is 0 Å². The van der Waals surface area contributed by atoms with Crippen LogP contribution in [0, 0.1) is 35.0 Å². The van der Waals surface area contributed by atoms with Crippen molar-refractivity contribution in [3.63, 3.8) is 0 Å². The summed E-state index contributed by atoms with van der Waals surface area (Å²) in [6.07, 6.45) is 15.2. The minimum atomic E-state index is 0.366. The molecule has 1 heteroatoms. The predicted octanol–water partition coefficient (Wildman–Crippen LogP) is 4.70. The number of rotatable bonds is 2. The lowest BCUT2D eigenvalue weighted by Gasteiger charge is -2.36. The Morgan fingerprint density at radius 1 is 0.882 bits per heavy atom. The van der Waals surface area contributed by atoms with Crippen molar-refractivity contribution in [1.29, 1.82) is 5.26 Å². The molecule has 0 amide bonds. The number of allylic oxidation sites excluding steroid dienone is 2. The number of nitrogens with zero attached hydrogens (tertiary/aromatic N) is 1. The van der Waals surface area contributed by atoms with Crippen LogP contribution in [0.4, 0.5) is 0 Å². The molecule has 94 valence electrons. The second kappa shape index (κ2) is 6.24. The molecule has 0 unspecified atom stereocenters. The van der Waals surface area contributed by atoms with Crippen molar-refractivity contribution >= 4 is 0 Å². The van der Waals surface area contributed by atoms with Gasteiger partial charge < -0.3 is 0 Å². The molecule has 0 bridgehead atoms. The summed E-state index contributed by atoms with van der Waals surface area (Å²) in [7, 11) is 0. The third-order valence-corrected chi connectivity index (χ3v) is 4.90. The van der Waals surface area contributed by atoms with E-state index in [1.54, 1.807) is 0 Å². The van der Waals surface area contributed by atoms with E-state index < -0.39 is 0 Å². The van der Waals surface area contributed by atoms with Gasteiger partial charge in [0.05, 0.1) is 6.07 Å². The van der Waals surface area contributed by atoms with Gasteiger partial charge in [0, 0.05) is 5.92 Å². The minimum absolute atomic E-state index is 0.366. The molecule has 2 aliphatic carbocycles. The van der Waals surface area contributed by atoms with E-state index in [-0.39, 0.29) is 0 Å². The van der Waals surface area contributed by atoms with Gasteiger partial charge in [0.2, 0.25) is 0 Å². The molecule has 0 radical (unpaired) electrons.